The lowest BCUT2D eigenvalue weighted by Crippen LogP contribution is -2.14. The van der Waals surface area contributed by atoms with Gasteiger partial charge in [-0.3, -0.25) is 4.79 Å². The van der Waals surface area contributed by atoms with Crippen LogP contribution in [-0.2, 0) is 4.79 Å². The molecule has 9 heteroatoms. The smallest absolute Gasteiger partial charge is 0.234 e. The third-order valence-electron chi connectivity index (χ3n) is 3.44. The van der Waals surface area contributed by atoms with Gasteiger partial charge in [0.05, 0.1) is 25.7 Å². The summed E-state index contributed by atoms with van der Waals surface area (Å²) in [5.41, 5.74) is 1.45. The number of benzene rings is 2. The molecule has 2 aromatic carbocycles. The van der Waals surface area contributed by atoms with Crippen molar-refractivity contribution in [2.75, 3.05) is 25.3 Å². The summed E-state index contributed by atoms with van der Waals surface area (Å²) in [5, 5.41) is 15.0. The lowest BCUT2D eigenvalue weighted by atomic mass is 10.3. The maximum Gasteiger partial charge on any atom is 0.234 e. The molecule has 0 saturated carbocycles. The Hall–Kier alpha value is -3.07. The van der Waals surface area contributed by atoms with E-state index in [9.17, 15) is 4.79 Å². The van der Waals surface area contributed by atoms with Gasteiger partial charge in [-0.05, 0) is 46.8 Å². The topological polar surface area (TPSA) is 91.2 Å². The van der Waals surface area contributed by atoms with Gasteiger partial charge in [-0.1, -0.05) is 17.8 Å². The van der Waals surface area contributed by atoms with Gasteiger partial charge in [0.25, 0.3) is 0 Å². The number of hydrogen-bond donors (Lipinski definition) is 1. The van der Waals surface area contributed by atoms with Crippen molar-refractivity contribution in [3.05, 3.63) is 48.5 Å². The molecule has 1 heterocycles. The highest BCUT2D eigenvalue weighted by Gasteiger charge is 2.12. The van der Waals surface area contributed by atoms with E-state index in [1.54, 1.807) is 43.2 Å². The lowest BCUT2D eigenvalue weighted by molar-refractivity contribution is -0.113. The third-order valence-corrected chi connectivity index (χ3v) is 4.36. The van der Waals surface area contributed by atoms with E-state index in [1.807, 2.05) is 24.3 Å². The number of ether oxygens (including phenoxy) is 2. The minimum atomic E-state index is -0.152. The van der Waals surface area contributed by atoms with Gasteiger partial charge in [0.15, 0.2) is 0 Å². The van der Waals surface area contributed by atoms with Crippen molar-refractivity contribution in [2.24, 2.45) is 0 Å². The molecule has 1 aromatic heterocycles. The van der Waals surface area contributed by atoms with Crippen molar-refractivity contribution in [1.29, 1.82) is 0 Å². The summed E-state index contributed by atoms with van der Waals surface area (Å²) >= 11 is 1.25. The molecule has 0 fully saturated rings. The second-order valence-electron chi connectivity index (χ2n) is 5.14. The van der Waals surface area contributed by atoms with Crippen LogP contribution in [0.15, 0.2) is 53.7 Å². The molecule has 0 radical (unpaired) electrons. The molecule has 0 unspecified atom stereocenters. The van der Waals surface area contributed by atoms with Gasteiger partial charge in [-0.25, -0.2) is 0 Å². The quantitative estimate of drug-likeness (QED) is 0.638. The Labute approximate surface area is 154 Å². The van der Waals surface area contributed by atoms with Gasteiger partial charge in [-0.15, -0.1) is 5.10 Å². The van der Waals surface area contributed by atoms with Crippen LogP contribution in [0.5, 0.6) is 11.5 Å². The monoisotopic (exact) mass is 371 g/mol. The van der Waals surface area contributed by atoms with E-state index in [1.165, 1.54) is 11.8 Å². The molecule has 3 aromatic rings. The number of nitrogens with zero attached hydrogens (tertiary/aromatic N) is 4. The van der Waals surface area contributed by atoms with Crippen molar-refractivity contribution >= 4 is 23.4 Å². The minimum Gasteiger partial charge on any atom is -0.497 e. The van der Waals surface area contributed by atoms with E-state index in [-0.39, 0.29) is 11.7 Å². The first-order valence-electron chi connectivity index (χ1n) is 7.69. The Morgan fingerprint density at radius 3 is 2.62 bits per heavy atom. The number of aromatic nitrogens is 4. The number of anilines is 1. The number of amides is 1. The summed E-state index contributed by atoms with van der Waals surface area (Å²) in [6.45, 7) is 0. The molecule has 8 nitrogen and oxygen atoms in total. The van der Waals surface area contributed by atoms with Gasteiger partial charge in [0.2, 0.25) is 11.1 Å². The Balaban J connectivity index is 1.63. The van der Waals surface area contributed by atoms with Crippen molar-refractivity contribution < 1.29 is 14.3 Å². The van der Waals surface area contributed by atoms with E-state index >= 15 is 0 Å². The van der Waals surface area contributed by atoms with Gasteiger partial charge in [0.1, 0.15) is 11.5 Å². The van der Waals surface area contributed by atoms with Gasteiger partial charge in [-0.2, -0.15) is 4.68 Å². The molecule has 0 bridgehead atoms. The highest BCUT2D eigenvalue weighted by molar-refractivity contribution is 7.99. The zero-order valence-corrected chi connectivity index (χ0v) is 15.1. The third kappa shape index (κ3) is 4.31. The van der Waals surface area contributed by atoms with Crippen molar-refractivity contribution in [2.45, 2.75) is 5.16 Å². The molecule has 0 aliphatic carbocycles. The first kappa shape index (κ1) is 17.7. The van der Waals surface area contributed by atoms with Crippen LogP contribution in [0.25, 0.3) is 5.69 Å². The molecule has 26 heavy (non-hydrogen) atoms. The first-order valence-corrected chi connectivity index (χ1v) is 8.67. The molecule has 0 saturated heterocycles. The molecular formula is C17H17N5O3S. The summed E-state index contributed by atoms with van der Waals surface area (Å²) < 4.78 is 11.9. The normalized spacial score (nSPS) is 10.4. The first-order chi connectivity index (χ1) is 12.7. The molecule has 0 atom stereocenters. The lowest BCUT2D eigenvalue weighted by Gasteiger charge is -2.07. The molecule has 1 N–H and O–H groups in total. The Morgan fingerprint density at radius 2 is 1.88 bits per heavy atom. The van der Waals surface area contributed by atoms with Crippen LogP contribution in [-0.4, -0.2) is 46.1 Å². The fraction of sp³-hybridized carbons (Fsp3) is 0.176. The van der Waals surface area contributed by atoms with Crippen LogP contribution in [0.2, 0.25) is 0 Å². The molecule has 0 aliphatic rings. The molecule has 1 amide bonds. The largest absolute Gasteiger partial charge is 0.497 e. The highest BCUT2D eigenvalue weighted by atomic mass is 32.2. The van der Waals surface area contributed by atoms with E-state index in [0.717, 1.165) is 11.4 Å². The average Bonchev–Trinajstić information content (AvgIpc) is 3.16. The Bertz CT molecular complexity index is 882. The Kier molecular flexibility index (Phi) is 5.69. The number of tetrazole rings is 1. The Morgan fingerprint density at radius 1 is 1.12 bits per heavy atom. The molecule has 0 spiro atoms. The predicted octanol–water partition coefficient (Wildman–Crippen LogP) is 2.41. The number of rotatable bonds is 7. The summed E-state index contributed by atoms with van der Waals surface area (Å²) in [5.74, 6) is 1.46. The fourth-order valence-corrected chi connectivity index (χ4v) is 2.87. The van der Waals surface area contributed by atoms with E-state index in [0.29, 0.717) is 16.6 Å². The van der Waals surface area contributed by atoms with Crippen molar-refractivity contribution in [3.63, 3.8) is 0 Å². The predicted molar refractivity (Wildman–Crippen MR) is 98.1 cm³/mol. The van der Waals surface area contributed by atoms with E-state index in [4.69, 9.17) is 9.47 Å². The van der Waals surface area contributed by atoms with Crippen LogP contribution in [0, 0.1) is 0 Å². The van der Waals surface area contributed by atoms with Gasteiger partial charge in [0, 0.05) is 11.8 Å². The van der Waals surface area contributed by atoms with Crippen LogP contribution < -0.4 is 14.8 Å². The number of carbonyl (C=O) groups excluding carboxylic acids is 1. The summed E-state index contributed by atoms with van der Waals surface area (Å²) in [4.78, 5) is 12.1. The SMILES string of the molecule is COc1ccc(NC(=O)CSc2nnnn2-c2cccc(OC)c2)cc1. The van der Waals surface area contributed by atoms with E-state index in [2.05, 4.69) is 20.8 Å². The van der Waals surface area contributed by atoms with Crippen molar-refractivity contribution in [3.8, 4) is 17.2 Å². The molecule has 3 rings (SSSR count). The maximum absolute atomic E-state index is 12.1. The molecular weight excluding hydrogens is 354 g/mol. The van der Waals surface area contributed by atoms with E-state index < -0.39 is 0 Å². The zero-order chi connectivity index (χ0) is 18.4. The van der Waals surface area contributed by atoms with Crippen molar-refractivity contribution in [1.82, 2.24) is 20.2 Å². The number of carbonyl (C=O) groups is 1. The highest BCUT2D eigenvalue weighted by Crippen LogP contribution is 2.22. The number of nitrogens with one attached hydrogen (secondary N) is 1. The second-order valence-corrected chi connectivity index (χ2v) is 6.08. The molecule has 134 valence electrons. The van der Waals surface area contributed by atoms with Crippen LogP contribution in [0.3, 0.4) is 0 Å². The average molecular weight is 371 g/mol. The van der Waals surface area contributed by atoms with Crippen LogP contribution in [0.4, 0.5) is 5.69 Å². The second kappa shape index (κ2) is 8.34. The number of hydrogen-bond acceptors (Lipinski definition) is 7. The summed E-state index contributed by atoms with van der Waals surface area (Å²) in [6, 6.07) is 14.5. The zero-order valence-electron chi connectivity index (χ0n) is 14.2. The summed E-state index contributed by atoms with van der Waals surface area (Å²) in [6.07, 6.45) is 0. The standard InChI is InChI=1S/C17H17N5O3S/c1-24-14-8-6-12(7-9-14)18-16(23)11-26-17-19-20-21-22(17)13-4-3-5-15(10-13)25-2/h3-10H,11H2,1-2H3,(H,18,23). The summed E-state index contributed by atoms with van der Waals surface area (Å²) in [7, 11) is 3.19. The fourth-order valence-electron chi connectivity index (χ4n) is 2.17. The van der Waals surface area contributed by atoms with Crippen LogP contribution >= 0.6 is 11.8 Å². The maximum atomic E-state index is 12.1. The number of thioether (sulfide) groups is 1. The van der Waals surface area contributed by atoms with Crippen LogP contribution in [0.1, 0.15) is 0 Å². The van der Waals surface area contributed by atoms with Gasteiger partial charge < -0.3 is 14.8 Å². The van der Waals surface area contributed by atoms with Gasteiger partial charge >= 0.3 is 0 Å². The minimum absolute atomic E-state index is 0.152. The number of methoxy groups -OCH3 is 2. The molecule has 0 aliphatic heterocycles.